The van der Waals surface area contributed by atoms with Gasteiger partial charge in [-0.25, -0.2) is 4.98 Å². The molecule has 3 rings (SSSR count). The largest absolute Gasteiger partial charge is 0.396 e. The molecule has 0 fully saturated rings. The van der Waals surface area contributed by atoms with Crippen molar-refractivity contribution in [3.05, 3.63) is 81.9 Å². The molecule has 0 aliphatic heterocycles. The lowest BCUT2D eigenvalue weighted by Crippen LogP contribution is -2.39. The maximum absolute atomic E-state index is 13.2. The van der Waals surface area contributed by atoms with Gasteiger partial charge >= 0.3 is 0 Å². The number of carbonyl (C=O) groups excluding carboxylic acids is 1. The standard InChI is InChI=1S/C21H23N3O3/c1-15(14-25)12-23(13-17-8-4-3-5-9-17)20(26)18-11-22-19-10-6-7-16(2)24(19)21(18)27/h3-11,15,25H,12-14H2,1-2H3/t15-/m0/s1. The molecule has 3 aromatic rings. The van der Waals surface area contributed by atoms with Gasteiger partial charge in [0.2, 0.25) is 0 Å². The summed E-state index contributed by atoms with van der Waals surface area (Å²) in [6, 6.07) is 14.9. The fourth-order valence-corrected chi connectivity index (χ4v) is 3.05. The summed E-state index contributed by atoms with van der Waals surface area (Å²) in [5.41, 5.74) is 1.84. The highest BCUT2D eigenvalue weighted by Crippen LogP contribution is 2.12. The number of nitrogens with zero attached hydrogens (tertiary/aromatic N) is 3. The van der Waals surface area contributed by atoms with Crippen molar-refractivity contribution in [3.8, 4) is 0 Å². The van der Waals surface area contributed by atoms with Gasteiger partial charge in [-0.1, -0.05) is 43.3 Å². The molecule has 0 unspecified atom stereocenters. The SMILES string of the molecule is Cc1cccc2ncc(C(=O)N(Cc3ccccc3)C[C@H](C)CO)c(=O)n12. The number of amides is 1. The van der Waals surface area contributed by atoms with Crippen molar-refractivity contribution >= 4 is 11.6 Å². The van der Waals surface area contributed by atoms with Crippen LogP contribution in [0.1, 0.15) is 28.5 Å². The van der Waals surface area contributed by atoms with Crippen molar-refractivity contribution in [1.82, 2.24) is 14.3 Å². The first-order chi connectivity index (χ1) is 13.0. The number of fused-ring (bicyclic) bond motifs is 1. The molecule has 6 nitrogen and oxygen atoms in total. The van der Waals surface area contributed by atoms with Crippen LogP contribution in [0, 0.1) is 12.8 Å². The van der Waals surface area contributed by atoms with Crippen molar-refractivity contribution in [2.45, 2.75) is 20.4 Å². The third kappa shape index (κ3) is 4.06. The number of hydrogen-bond donors (Lipinski definition) is 1. The smallest absolute Gasteiger partial charge is 0.270 e. The predicted octanol–water partition coefficient (Wildman–Crippen LogP) is 2.27. The van der Waals surface area contributed by atoms with Crippen LogP contribution >= 0.6 is 0 Å². The summed E-state index contributed by atoms with van der Waals surface area (Å²) in [7, 11) is 0. The number of aliphatic hydroxyl groups excluding tert-OH is 1. The van der Waals surface area contributed by atoms with E-state index < -0.39 is 0 Å². The summed E-state index contributed by atoms with van der Waals surface area (Å²) in [4.78, 5) is 32.0. The molecular formula is C21H23N3O3. The number of carbonyl (C=O) groups is 1. The first-order valence-electron chi connectivity index (χ1n) is 8.92. The molecule has 1 atom stereocenters. The summed E-state index contributed by atoms with van der Waals surface area (Å²) in [5, 5.41) is 9.42. The molecule has 2 heterocycles. The number of aliphatic hydroxyl groups is 1. The Kier molecular flexibility index (Phi) is 5.66. The Labute approximate surface area is 157 Å². The van der Waals surface area contributed by atoms with Gasteiger partial charge in [0.05, 0.1) is 0 Å². The monoisotopic (exact) mass is 365 g/mol. The lowest BCUT2D eigenvalue weighted by molar-refractivity contribution is 0.0692. The van der Waals surface area contributed by atoms with Gasteiger partial charge in [0.1, 0.15) is 11.2 Å². The van der Waals surface area contributed by atoms with E-state index >= 15 is 0 Å². The highest BCUT2D eigenvalue weighted by Gasteiger charge is 2.22. The summed E-state index contributed by atoms with van der Waals surface area (Å²) in [6.07, 6.45) is 1.35. The fourth-order valence-electron chi connectivity index (χ4n) is 3.05. The van der Waals surface area contributed by atoms with Gasteiger partial charge in [0, 0.05) is 31.6 Å². The molecule has 1 amide bonds. The maximum Gasteiger partial charge on any atom is 0.270 e. The molecule has 0 aliphatic carbocycles. The van der Waals surface area contributed by atoms with Crippen LogP contribution in [0.25, 0.3) is 5.65 Å². The first kappa shape index (κ1) is 18.8. The molecule has 0 aliphatic rings. The molecule has 2 aromatic heterocycles. The van der Waals surface area contributed by atoms with E-state index in [1.807, 2.05) is 43.3 Å². The molecule has 0 radical (unpaired) electrons. The summed E-state index contributed by atoms with van der Waals surface area (Å²) in [5.74, 6) is -0.482. The molecule has 1 aromatic carbocycles. The Morgan fingerprint density at radius 3 is 2.63 bits per heavy atom. The molecular weight excluding hydrogens is 342 g/mol. The van der Waals surface area contributed by atoms with Crippen LogP contribution in [0.5, 0.6) is 0 Å². The minimum absolute atomic E-state index is 0.0304. The van der Waals surface area contributed by atoms with Gasteiger partial charge in [-0.2, -0.15) is 0 Å². The van der Waals surface area contributed by atoms with Gasteiger partial charge in [-0.3, -0.25) is 14.0 Å². The number of aromatic nitrogens is 2. The van der Waals surface area contributed by atoms with E-state index in [0.717, 1.165) is 11.3 Å². The lowest BCUT2D eigenvalue weighted by Gasteiger charge is -2.25. The number of hydrogen-bond acceptors (Lipinski definition) is 4. The van der Waals surface area contributed by atoms with Crippen LogP contribution in [-0.2, 0) is 6.54 Å². The number of benzene rings is 1. The normalized spacial score (nSPS) is 12.1. The van der Waals surface area contributed by atoms with Crippen molar-refractivity contribution in [2.75, 3.05) is 13.2 Å². The minimum Gasteiger partial charge on any atom is -0.396 e. The van der Waals surface area contributed by atoms with E-state index in [9.17, 15) is 14.7 Å². The minimum atomic E-state index is -0.380. The highest BCUT2D eigenvalue weighted by molar-refractivity contribution is 5.93. The molecule has 6 heteroatoms. The summed E-state index contributed by atoms with van der Waals surface area (Å²) < 4.78 is 1.45. The number of pyridine rings is 1. The second kappa shape index (κ2) is 8.14. The maximum atomic E-state index is 13.2. The molecule has 0 spiro atoms. The molecule has 27 heavy (non-hydrogen) atoms. The summed E-state index contributed by atoms with van der Waals surface area (Å²) in [6.45, 7) is 4.34. The van der Waals surface area contributed by atoms with E-state index in [1.165, 1.54) is 10.6 Å². The predicted molar refractivity (Wildman–Crippen MR) is 104 cm³/mol. The lowest BCUT2D eigenvalue weighted by atomic mass is 10.1. The van der Waals surface area contributed by atoms with Crippen LogP contribution in [0.4, 0.5) is 0 Å². The molecule has 0 saturated carbocycles. The van der Waals surface area contributed by atoms with Crippen LogP contribution in [0.3, 0.4) is 0 Å². The Morgan fingerprint density at radius 1 is 1.19 bits per heavy atom. The number of aryl methyl sites for hydroxylation is 1. The zero-order valence-electron chi connectivity index (χ0n) is 15.5. The van der Waals surface area contributed by atoms with E-state index in [2.05, 4.69) is 4.98 Å². The van der Waals surface area contributed by atoms with Crippen molar-refractivity contribution in [2.24, 2.45) is 5.92 Å². The molecule has 140 valence electrons. The van der Waals surface area contributed by atoms with Gasteiger partial charge in [0.25, 0.3) is 11.5 Å². The van der Waals surface area contributed by atoms with Crippen molar-refractivity contribution < 1.29 is 9.90 Å². The fraction of sp³-hybridized carbons (Fsp3) is 0.286. The van der Waals surface area contributed by atoms with Crippen molar-refractivity contribution in [3.63, 3.8) is 0 Å². The van der Waals surface area contributed by atoms with Crippen LogP contribution in [0.15, 0.2) is 59.5 Å². The molecule has 0 saturated heterocycles. The topological polar surface area (TPSA) is 74.9 Å². The van der Waals surface area contributed by atoms with Crippen molar-refractivity contribution in [1.29, 1.82) is 0 Å². The third-order valence-electron chi connectivity index (χ3n) is 4.50. The van der Waals surface area contributed by atoms with Gasteiger partial charge in [-0.05, 0) is 30.5 Å². The number of rotatable bonds is 6. The Hall–Kier alpha value is -2.99. The van der Waals surface area contributed by atoms with Gasteiger partial charge < -0.3 is 10.0 Å². The van der Waals surface area contributed by atoms with Gasteiger partial charge in [-0.15, -0.1) is 0 Å². The average Bonchev–Trinajstić information content (AvgIpc) is 2.68. The summed E-state index contributed by atoms with van der Waals surface area (Å²) >= 11 is 0. The van der Waals surface area contributed by atoms with Crippen LogP contribution in [-0.4, -0.2) is 38.4 Å². The van der Waals surface area contributed by atoms with E-state index in [1.54, 1.807) is 24.0 Å². The Bertz CT molecular complexity index is 998. The second-order valence-corrected chi connectivity index (χ2v) is 6.80. The van der Waals surface area contributed by atoms with E-state index in [0.29, 0.717) is 18.7 Å². The molecule has 0 bridgehead atoms. The quantitative estimate of drug-likeness (QED) is 0.727. The van der Waals surface area contributed by atoms with E-state index in [4.69, 9.17) is 0 Å². The average molecular weight is 365 g/mol. The first-order valence-corrected chi connectivity index (χ1v) is 8.92. The Morgan fingerprint density at radius 2 is 1.93 bits per heavy atom. The Balaban J connectivity index is 2.00. The highest BCUT2D eigenvalue weighted by atomic mass is 16.3. The van der Waals surface area contributed by atoms with E-state index in [-0.39, 0.29) is 29.6 Å². The molecule has 1 N–H and O–H groups in total. The third-order valence-corrected chi connectivity index (χ3v) is 4.50. The van der Waals surface area contributed by atoms with Crippen LogP contribution in [0.2, 0.25) is 0 Å². The zero-order valence-corrected chi connectivity index (χ0v) is 15.5. The van der Waals surface area contributed by atoms with Gasteiger partial charge in [0.15, 0.2) is 0 Å². The van der Waals surface area contributed by atoms with Crippen LogP contribution < -0.4 is 5.56 Å². The second-order valence-electron chi connectivity index (χ2n) is 6.80. The zero-order chi connectivity index (χ0) is 19.4.